The van der Waals surface area contributed by atoms with Gasteiger partial charge in [0.25, 0.3) is 0 Å². The van der Waals surface area contributed by atoms with E-state index < -0.39 is 0 Å². The van der Waals surface area contributed by atoms with E-state index in [4.69, 9.17) is 18.0 Å². The first-order valence-electron chi connectivity index (χ1n) is 5.96. The molecule has 0 atom stereocenters. The molecule has 0 radical (unpaired) electrons. The molecule has 1 aliphatic carbocycles. The standard InChI is InChI=1S/C13H17FN2S/c1-2-16(8-9-3-4-9)12-6-5-10(13(15)17)7-11(12)14/h5-7,9H,2-4,8H2,1H3,(H2,15,17). The molecule has 0 unspecified atom stereocenters. The highest BCUT2D eigenvalue weighted by Gasteiger charge is 2.24. The van der Waals surface area contributed by atoms with Crippen molar-refractivity contribution in [3.8, 4) is 0 Å². The first-order chi connectivity index (χ1) is 8.11. The largest absolute Gasteiger partial charge is 0.389 e. The molecule has 0 spiro atoms. The number of nitrogens with zero attached hydrogens (tertiary/aromatic N) is 1. The zero-order valence-electron chi connectivity index (χ0n) is 9.95. The average molecular weight is 252 g/mol. The predicted molar refractivity (Wildman–Crippen MR) is 72.9 cm³/mol. The molecule has 0 bridgehead atoms. The molecule has 92 valence electrons. The van der Waals surface area contributed by atoms with Gasteiger partial charge in [-0.15, -0.1) is 0 Å². The lowest BCUT2D eigenvalue weighted by Gasteiger charge is -2.23. The number of rotatable bonds is 5. The van der Waals surface area contributed by atoms with Crippen molar-refractivity contribution in [2.75, 3.05) is 18.0 Å². The van der Waals surface area contributed by atoms with Gasteiger partial charge in [-0.1, -0.05) is 12.2 Å². The van der Waals surface area contributed by atoms with Crippen molar-refractivity contribution >= 4 is 22.9 Å². The first-order valence-corrected chi connectivity index (χ1v) is 6.37. The van der Waals surface area contributed by atoms with Crippen LogP contribution in [0, 0.1) is 11.7 Å². The Kier molecular flexibility index (Phi) is 3.62. The molecule has 1 fully saturated rings. The molecule has 2 N–H and O–H groups in total. The Morgan fingerprint density at radius 3 is 2.71 bits per heavy atom. The van der Waals surface area contributed by atoms with Gasteiger partial charge in [-0.3, -0.25) is 0 Å². The average Bonchev–Trinajstić information content (AvgIpc) is 3.10. The van der Waals surface area contributed by atoms with Gasteiger partial charge in [0.2, 0.25) is 0 Å². The Morgan fingerprint density at radius 1 is 1.53 bits per heavy atom. The maximum Gasteiger partial charge on any atom is 0.147 e. The first kappa shape index (κ1) is 12.3. The molecule has 17 heavy (non-hydrogen) atoms. The highest BCUT2D eigenvalue weighted by Crippen LogP contribution is 2.32. The fraction of sp³-hybridized carbons (Fsp3) is 0.462. The summed E-state index contributed by atoms with van der Waals surface area (Å²) in [6.45, 7) is 3.81. The summed E-state index contributed by atoms with van der Waals surface area (Å²) in [5.41, 5.74) is 6.72. The van der Waals surface area contributed by atoms with Crippen molar-refractivity contribution in [3.63, 3.8) is 0 Å². The number of hydrogen-bond acceptors (Lipinski definition) is 2. The lowest BCUT2D eigenvalue weighted by molar-refractivity contribution is 0.613. The quantitative estimate of drug-likeness (QED) is 0.817. The van der Waals surface area contributed by atoms with Gasteiger partial charge in [-0.25, -0.2) is 4.39 Å². The van der Waals surface area contributed by atoms with E-state index in [1.165, 1.54) is 18.9 Å². The molecule has 4 heteroatoms. The minimum Gasteiger partial charge on any atom is -0.389 e. The van der Waals surface area contributed by atoms with Crippen molar-refractivity contribution in [1.82, 2.24) is 0 Å². The Morgan fingerprint density at radius 2 is 2.24 bits per heavy atom. The molecule has 0 saturated heterocycles. The highest BCUT2D eigenvalue weighted by molar-refractivity contribution is 7.80. The van der Waals surface area contributed by atoms with E-state index in [2.05, 4.69) is 4.90 Å². The summed E-state index contributed by atoms with van der Waals surface area (Å²) in [5, 5.41) is 0. The summed E-state index contributed by atoms with van der Waals surface area (Å²) in [6.07, 6.45) is 2.53. The van der Waals surface area contributed by atoms with Crippen LogP contribution >= 0.6 is 12.2 Å². The second kappa shape index (κ2) is 5.00. The van der Waals surface area contributed by atoms with Crippen LogP contribution in [0.25, 0.3) is 0 Å². The van der Waals surface area contributed by atoms with Crippen molar-refractivity contribution < 1.29 is 4.39 Å². The van der Waals surface area contributed by atoms with E-state index >= 15 is 0 Å². The fourth-order valence-corrected chi connectivity index (χ4v) is 2.05. The van der Waals surface area contributed by atoms with Crippen LogP contribution in [-0.4, -0.2) is 18.1 Å². The van der Waals surface area contributed by atoms with Crippen LogP contribution in [0.15, 0.2) is 18.2 Å². The molecule has 1 aromatic carbocycles. The van der Waals surface area contributed by atoms with Crippen molar-refractivity contribution in [2.24, 2.45) is 11.7 Å². The second-order valence-corrected chi connectivity index (χ2v) is 4.95. The number of benzene rings is 1. The molecule has 0 aliphatic heterocycles. The van der Waals surface area contributed by atoms with Crippen LogP contribution < -0.4 is 10.6 Å². The lowest BCUT2D eigenvalue weighted by Crippen LogP contribution is -2.26. The maximum absolute atomic E-state index is 14.0. The Hall–Kier alpha value is -1.16. The molecule has 2 nitrogen and oxygen atoms in total. The third-order valence-corrected chi connectivity index (χ3v) is 3.37. The number of anilines is 1. The predicted octanol–water partition coefficient (Wildman–Crippen LogP) is 2.70. The third-order valence-electron chi connectivity index (χ3n) is 3.13. The van der Waals surface area contributed by atoms with Gasteiger partial charge < -0.3 is 10.6 Å². The summed E-state index contributed by atoms with van der Waals surface area (Å²) in [5.74, 6) is 0.502. The summed E-state index contributed by atoms with van der Waals surface area (Å²) in [6, 6.07) is 4.99. The summed E-state index contributed by atoms with van der Waals surface area (Å²) < 4.78 is 14.0. The van der Waals surface area contributed by atoms with Gasteiger partial charge in [-0.2, -0.15) is 0 Å². The smallest absolute Gasteiger partial charge is 0.147 e. The molecule has 0 aromatic heterocycles. The van der Waals surface area contributed by atoms with Gasteiger partial charge in [0.1, 0.15) is 10.8 Å². The van der Waals surface area contributed by atoms with Gasteiger partial charge in [-0.05, 0) is 43.9 Å². The number of hydrogen-bond donors (Lipinski definition) is 1. The van der Waals surface area contributed by atoms with E-state index in [0.29, 0.717) is 11.3 Å². The van der Waals surface area contributed by atoms with Crippen LogP contribution in [0.5, 0.6) is 0 Å². The molecule has 1 aliphatic rings. The van der Waals surface area contributed by atoms with Gasteiger partial charge in [0, 0.05) is 18.7 Å². The van der Waals surface area contributed by atoms with Crippen molar-refractivity contribution in [3.05, 3.63) is 29.6 Å². The van der Waals surface area contributed by atoms with E-state index in [-0.39, 0.29) is 10.8 Å². The molecule has 2 rings (SSSR count). The van der Waals surface area contributed by atoms with E-state index in [1.54, 1.807) is 12.1 Å². The van der Waals surface area contributed by atoms with Crippen molar-refractivity contribution in [2.45, 2.75) is 19.8 Å². The number of nitrogens with two attached hydrogens (primary N) is 1. The van der Waals surface area contributed by atoms with Gasteiger partial charge >= 0.3 is 0 Å². The molecular formula is C13H17FN2S. The summed E-state index contributed by atoms with van der Waals surface area (Å²) in [4.78, 5) is 2.32. The number of thiocarbonyl (C=S) groups is 1. The van der Waals surface area contributed by atoms with Gasteiger partial charge in [0.15, 0.2) is 0 Å². The normalized spacial score (nSPS) is 14.7. The zero-order valence-corrected chi connectivity index (χ0v) is 10.8. The lowest BCUT2D eigenvalue weighted by atomic mass is 10.1. The fourth-order valence-electron chi connectivity index (χ4n) is 1.93. The number of halogens is 1. The van der Waals surface area contributed by atoms with Gasteiger partial charge in [0.05, 0.1) is 5.69 Å². The van der Waals surface area contributed by atoms with Crippen LogP contribution in [0.4, 0.5) is 10.1 Å². The van der Waals surface area contributed by atoms with Crippen LogP contribution in [0.2, 0.25) is 0 Å². The highest BCUT2D eigenvalue weighted by atomic mass is 32.1. The molecule has 0 heterocycles. The van der Waals surface area contributed by atoms with Crippen LogP contribution in [0.3, 0.4) is 0 Å². The van der Waals surface area contributed by atoms with E-state index in [1.807, 2.05) is 6.92 Å². The molecular weight excluding hydrogens is 235 g/mol. The molecule has 1 aromatic rings. The maximum atomic E-state index is 14.0. The molecule has 0 amide bonds. The van der Waals surface area contributed by atoms with Crippen molar-refractivity contribution in [1.29, 1.82) is 0 Å². The Labute approximate surface area is 107 Å². The molecule has 1 saturated carbocycles. The minimum absolute atomic E-state index is 0.237. The zero-order chi connectivity index (χ0) is 12.4. The van der Waals surface area contributed by atoms with E-state index in [0.717, 1.165) is 19.0 Å². The van der Waals surface area contributed by atoms with E-state index in [9.17, 15) is 4.39 Å². The van der Waals surface area contributed by atoms with Crippen LogP contribution in [0.1, 0.15) is 25.3 Å². The second-order valence-electron chi connectivity index (χ2n) is 4.51. The summed E-state index contributed by atoms with van der Waals surface area (Å²) >= 11 is 4.84. The monoisotopic (exact) mass is 252 g/mol. The summed E-state index contributed by atoms with van der Waals surface area (Å²) in [7, 11) is 0. The topological polar surface area (TPSA) is 29.3 Å². The Balaban J connectivity index is 2.20. The van der Waals surface area contributed by atoms with Crippen LogP contribution in [-0.2, 0) is 0 Å². The Bertz CT molecular complexity index is 429. The SMILES string of the molecule is CCN(CC1CC1)c1ccc(C(N)=S)cc1F. The third kappa shape index (κ3) is 2.94. The minimum atomic E-state index is -0.238.